The van der Waals surface area contributed by atoms with Crippen LogP contribution in [0.25, 0.3) is 0 Å². The van der Waals surface area contributed by atoms with E-state index in [1.165, 1.54) is 12.1 Å². The summed E-state index contributed by atoms with van der Waals surface area (Å²) >= 11 is 10.9. The van der Waals surface area contributed by atoms with Crippen molar-refractivity contribution in [3.8, 4) is 0 Å². The molecule has 0 spiro atoms. The average Bonchev–Trinajstić information content (AvgIpc) is 2.71. The van der Waals surface area contributed by atoms with Crippen LogP contribution in [0.15, 0.2) is 24.3 Å². The van der Waals surface area contributed by atoms with Crippen LogP contribution in [0.4, 0.5) is 10.1 Å². The van der Waals surface area contributed by atoms with E-state index in [0.717, 1.165) is 11.4 Å². The van der Waals surface area contributed by atoms with Crippen LogP contribution < -0.4 is 10.6 Å². The van der Waals surface area contributed by atoms with Gasteiger partial charge in [0.05, 0.1) is 17.3 Å². The van der Waals surface area contributed by atoms with Gasteiger partial charge in [0.1, 0.15) is 5.82 Å². The van der Waals surface area contributed by atoms with Gasteiger partial charge in [-0.05, 0) is 43.4 Å². The van der Waals surface area contributed by atoms with Crippen LogP contribution in [0.3, 0.4) is 0 Å². The Morgan fingerprint density at radius 2 is 2.20 bits per heavy atom. The number of nitrogens with one attached hydrogen (secondary N) is 2. The van der Waals surface area contributed by atoms with Crippen molar-refractivity contribution in [1.82, 2.24) is 15.1 Å². The van der Waals surface area contributed by atoms with Crippen molar-refractivity contribution in [1.29, 1.82) is 0 Å². The minimum absolute atomic E-state index is 0.0538. The highest BCUT2D eigenvalue weighted by Gasteiger charge is 2.04. The molecule has 1 aromatic heterocycles. The van der Waals surface area contributed by atoms with Crippen molar-refractivity contribution in [3.63, 3.8) is 0 Å². The fourth-order valence-electron chi connectivity index (χ4n) is 1.64. The number of aryl methyl sites for hydroxylation is 2. The molecule has 0 saturated heterocycles. The first kappa shape index (κ1) is 14.7. The smallest absolute Gasteiger partial charge is 0.171 e. The van der Waals surface area contributed by atoms with Crippen molar-refractivity contribution in [2.24, 2.45) is 7.05 Å². The number of nitrogens with zero attached hydrogens (tertiary/aromatic N) is 2. The van der Waals surface area contributed by atoms with Crippen molar-refractivity contribution in [3.05, 3.63) is 46.5 Å². The zero-order valence-electron chi connectivity index (χ0n) is 11.1. The Labute approximate surface area is 126 Å². The van der Waals surface area contributed by atoms with Crippen molar-refractivity contribution in [2.75, 3.05) is 5.32 Å². The third-order valence-electron chi connectivity index (χ3n) is 2.77. The third kappa shape index (κ3) is 3.68. The minimum atomic E-state index is -0.458. The van der Waals surface area contributed by atoms with E-state index in [9.17, 15) is 4.39 Å². The molecular formula is C13H14ClFN4S. The van der Waals surface area contributed by atoms with Gasteiger partial charge in [-0.2, -0.15) is 5.10 Å². The van der Waals surface area contributed by atoms with E-state index in [4.69, 9.17) is 23.8 Å². The fraction of sp³-hybridized carbons (Fsp3) is 0.231. The predicted octanol–water partition coefficient (Wildman–Crippen LogP) is 3.01. The first-order valence-corrected chi connectivity index (χ1v) is 6.74. The summed E-state index contributed by atoms with van der Waals surface area (Å²) in [7, 11) is 1.88. The molecule has 0 aliphatic heterocycles. The van der Waals surface area contributed by atoms with E-state index in [1.807, 2.05) is 20.0 Å². The van der Waals surface area contributed by atoms with E-state index >= 15 is 0 Å². The van der Waals surface area contributed by atoms with Gasteiger partial charge in [0, 0.05) is 18.4 Å². The largest absolute Gasteiger partial charge is 0.357 e. The number of benzene rings is 1. The standard InChI is InChI=1S/C13H14ClFN4S/c1-8-5-10(18-19(8)2)7-16-13(20)17-9-3-4-12(15)11(14)6-9/h3-6H,7H2,1-2H3,(H2,16,17,20). The van der Waals surface area contributed by atoms with Crippen molar-refractivity contribution in [2.45, 2.75) is 13.5 Å². The highest BCUT2D eigenvalue weighted by atomic mass is 35.5. The van der Waals surface area contributed by atoms with Crippen LogP contribution in [0.1, 0.15) is 11.4 Å². The molecule has 2 rings (SSSR count). The van der Waals surface area contributed by atoms with Crippen LogP contribution in [0.5, 0.6) is 0 Å². The lowest BCUT2D eigenvalue weighted by Gasteiger charge is -2.09. The van der Waals surface area contributed by atoms with Gasteiger partial charge >= 0.3 is 0 Å². The van der Waals surface area contributed by atoms with Gasteiger partial charge in [-0.15, -0.1) is 0 Å². The predicted molar refractivity (Wildman–Crippen MR) is 82.4 cm³/mol. The topological polar surface area (TPSA) is 41.9 Å². The molecule has 0 radical (unpaired) electrons. The normalized spacial score (nSPS) is 10.4. The van der Waals surface area contributed by atoms with Gasteiger partial charge in [0.2, 0.25) is 0 Å². The maximum Gasteiger partial charge on any atom is 0.171 e. The Balaban J connectivity index is 1.90. The number of halogens is 2. The Kier molecular flexibility index (Phi) is 4.57. The molecule has 1 aromatic carbocycles. The number of aromatic nitrogens is 2. The molecule has 0 saturated carbocycles. The molecule has 2 N–H and O–H groups in total. The lowest BCUT2D eigenvalue weighted by molar-refractivity contribution is 0.628. The van der Waals surface area contributed by atoms with Gasteiger partial charge in [0.15, 0.2) is 5.11 Å². The van der Waals surface area contributed by atoms with E-state index in [-0.39, 0.29) is 5.02 Å². The maximum absolute atomic E-state index is 13.0. The summed E-state index contributed by atoms with van der Waals surface area (Å²) < 4.78 is 14.8. The lowest BCUT2D eigenvalue weighted by atomic mass is 10.3. The highest BCUT2D eigenvalue weighted by Crippen LogP contribution is 2.19. The average molecular weight is 313 g/mol. The second kappa shape index (κ2) is 6.19. The number of hydrogen-bond donors (Lipinski definition) is 2. The quantitative estimate of drug-likeness (QED) is 0.855. The summed E-state index contributed by atoms with van der Waals surface area (Å²) in [5.74, 6) is -0.458. The number of thiocarbonyl (C=S) groups is 1. The molecule has 0 aliphatic rings. The van der Waals surface area contributed by atoms with E-state index in [0.29, 0.717) is 17.3 Å². The van der Waals surface area contributed by atoms with Crippen LogP contribution in [-0.2, 0) is 13.6 Å². The van der Waals surface area contributed by atoms with Crippen LogP contribution in [0, 0.1) is 12.7 Å². The summed E-state index contributed by atoms with van der Waals surface area (Å²) in [5.41, 5.74) is 2.60. The molecule has 0 unspecified atom stereocenters. The maximum atomic E-state index is 13.0. The molecule has 2 aromatic rings. The van der Waals surface area contributed by atoms with Gasteiger partial charge in [-0.3, -0.25) is 4.68 Å². The highest BCUT2D eigenvalue weighted by molar-refractivity contribution is 7.80. The lowest BCUT2D eigenvalue weighted by Crippen LogP contribution is -2.28. The fourth-order valence-corrected chi connectivity index (χ4v) is 2.01. The molecular weight excluding hydrogens is 299 g/mol. The Morgan fingerprint density at radius 3 is 2.80 bits per heavy atom. The van der Waals surface area contributed by atoms with Crippen molar-refractivity contribution < 1.29 is 4.39 Å². The second-order valence-electron chi connectivity index (χ2n) is 4.34. The SMILES string of the molecule is Cc1cc(CNC(=S)Nc2ccc(F)c(Cl)c2)nn1C. The number of hydrogen-bond acceptors (Lipinski definition) is 2. The van der Waals surface area contributed by atoms with Gasteiger partial charge < -0.3 is 10.6 Å². The zero-order chi connectivity index (χ0) is 14.7. The summed E-state index contributed by atoms with van der Waals surface area (Å²) in [4.78, 5) is 0. The van der Waals surface area contributed by atoms with Crippen LogP contribution in [-0.4, -0.2) is 14.9 Å². The van der Waals surface area contributed by atoms with Gasteiger partial charge in [-0.1, -0.05) is 11.6 Å². The first-order valence-electron chi connectivity index (χ1n) is 5.95. The van der Waals surface area contributed by atoms with E-state index in [2.05, 4.69) is 15.7 Å². The summed E-state index contributed by atoms with van der Waals surface area (Å²) in [6.07, 6.45) is 0. The molecule has 106 valence electrons. The van der Waals surface area contributed by atoms with Crippen LogP contribution in [0.2, 0.25) is 5.02 Å². The molecule has 0 atom stereocenters. The minimum Gasteiger partial charge on any atom is -0.357 e. The summed E-state index contributed by atoms with van der Waals surface area (Å²) in [6, 6.07) is 6.32. The molecule has 7 heteroatoms. The van der Waals surface area contributed by atoms with E-state index < -0.39 is 5.82 Å². The summed E-state index contributed by atoms with van der Waals surface area (Å²) in [5, 5.41) is 10.8. The molecule has 0 bridgehead atoms. The monoisotopic (exact) mass is 312 g/mol. The molecule has 4 nitrogen and oxygen atoms in total. The Bertz CT molecular complexity index is 622. The van der Waals surface area contributed by atoms with Crippen molar-refractivity contribution >= 4 is 34.6 Å². The van der Waals surface area contributed by atoms with Gasteiger partial charge in [0.25, 0.3) is 0 Å². The molecule has 0 aliphatic carbocycles. The van der Waals surface area contributed by atoms with E-state index in [1.54, 1.807) is 10.7 Å². The zero-order valence-corrected chi connectivity index (χ0v) is 12.6. The van der Waals surface area contributed by atoms with Crippen LogP contribution >= 0.6 is 23.8 Å². The van der Waals surface area contributed by atoms with Gasteiger partial charge in [-0.25, -0.2) is 4.39 Å². The molecule has 0 amide bonds. The second-order valence-corrected chi connectivity index (χ2v) is 5.15. The Hall–Kier alpha value is -1.66. The molecule has 20 heavy (non-hydrogen) atoms. The summed E-state index contributed by atoms with van der Waals surface area (Å²) in [6.45, 7) is 2.50. The number of rotatable bonds is 3. The first-order chi connectivity index (χ1) is 9.45. The molecule has 0 fully saturated rings. The number of anilines is 1. The third-order valence-corrected chi connectivity index (χ3v) is 3.31. The molecule has 1 heterocycles. The Morgan fingerprint density at radius 1 is 1.45 bits per heavy atom.